The van der Waals surface area contributed by atoms with Crippen LogP contribution in [0.2, 0.25) is 0 Å². The number of carboxylic acids is 1. The zero-order chi connectivity index (χ0) is 17.9. The minimum atomic E-state index is -3.34. The molecule has 2 rings (SSSR count). The summed E-state index contributed by atoms with van der Waals surface area (Å²) in [5.74, 6) is -1.19. The van der Waals surface area contributed by atoms with Gasteiger partial charge in [-0.1, -0.05) is 0 Å². The molecule has 0 radical (unpaired) electrons. The van der Waals surface area contributed by atoms with E-state index < -0.39 is 16.0 Å². The topological polar surface area (TPSA) is 95.0 Å². The second-order valence-corrected chi connectivity index (χ2v) is 7.72. The molecule has 1 aromatic rings. The van der Waals surface area contributed by atoms with E-state index in [1.807, 2.05) is 0 Å². The van der Waals surface area contributed by atoms with Crippen LogP contribution in [-0.2, 0) is 21.2 Å². The standard InChI is InChI=1S/C16H22N2O5S/c1-3-17(10-8-15(19)20)16(21)13-6-7-14-12(11-13)5-4-9-18(14)24(2,22)23/h6-7,11H,3-5,8-10H2,1-2H3,(H,19,20). The number of amides is 1. The molecule has 7 nitrogen and oxygen atoms in total. The van der Waals surface area contributed by atoms with Gasteiger partial charge >= 0.3 is 5.97 Å². The lowest BCUT2D eigenvalue weighted by Crippen LogP contribution is -2.35. The molecule has 0 saturated heterocycles. The van der Waals surface area contributed by atoms with Crippen LogP contribution in [0, 0.1) is 0 Å². The van der Waals surface area contributed by atoms with Gasteiger partial charge in [0.25, 0.3) is 5.91 Å². The number of nitrogens with zero attached hydrogens (tertiary/aromatic N) is 2. The predicted molar refractivity (Wildman–Crippen MR) is 90.8 cm³/mol. The van der Waals surface area contributed by atoms with Crippen molar-refractivity contribution in [2.24, 2.45) is 0 Å². The van der Waals surface area contributed by atoms with Gasteiger partial charge in [-0.2, -0.15) is 0 Å². The van der Waals surface area contributed by atoms with Crippen LogP contribution in [0.5, 0.6) is 0 Å². The molecule has 0 fully saturated rings. The van der Waals surface area contributed by atoms with E-state index in [1.165, 1.54) is 15.5 Å². The largest absolute Gasteiger partial charge is 0.481 e. The fraction of sp³-hybridized carbons (Fsp3) is 0.500. The molecule has 0 saturated carbocycles. The summed E-state index contributed by atoms with van der Waals surface area (Å²) in [5, 5.41) is 8.77. The van der Waals surface area contributed by atoms with E-state index >= 15 is 0 Å². The van der Waals surface area contributed by atoms with Crippen molar-refractivity contribution in [3.63, 3.8) is 0 Å². The zero-order valence-corrected chi connectivity index (χ0v) is 14.7. The number of sulfonamides is 1. The summed E-state index contributed by atoms with van der Waals surface area (Å²) in [5.41, 5.74) is 1.90. The highest BCUT2D eigenvalue weighted by Gasteiger charge is 2.25. The Balaban J connectivity index is 2.27. The van der Waals surface area contributed by atoms with Crippen LogP contribution >= 0.6 is 0 Å². The first kappa shape index (κ1) is 18.3. The number of hydrogen-bond donors (Lipinski definition) is 1. The maximum absolute atomic E-state index is 12.6. The highest BCUT2D eigenvalue weighted by atomic mass is 32.2. The Bertz CT molecular complexity index is 745. The molecule has 1 amide bonds. The molecule has 0 unspecified atom stereocenters. The summed E-state index contributed by atoms with van der Waals surface area (Å²) in [7, 11) is -3.34. The Kier molecular flexibility index (Phi) is 5.48. The molecule has 24 heavy (non-hydrogen) atoms. The second-order valence-electron chi connectivity index (χ2n) is 5.81. The lowest BCUT2D eigenvalue weighted by Gasteiger charge is -2.30. The number of aliphatic carboxylic acids is 1. The molecule has 0 aliphatic carbocycles. The zero-order valence-electron chi connectivity index (χ0n) is 13.9. The maximum Gasteiger partial charge on any atom is 0.305 e. The molecule has 1 aromatic carbocycles. The summed E-state index contributed by atoms with van der Waals surface area (Å²) >= 11 is 0. The number of aryl methyl sites for hydroxylation is 1. The number of rotatable bonds is 6. The highest BCUT2D eigenvalue weighted by molar-refractivity contribution is 7.92. The van der Waals surface area contributed by atoms with Gasteiger partial charge in [-0.15, -0.1) is 0 Å². The van der Waals surface area contributed by atoms with Crippen molar-refractivity contribution in [3.05, 3.63) is 29.3 Å². The van der Waals surface area contributed by atoms with Crippen LogP contribution in [0.3, 0.4) is 0 Å². The van der Waals surface area contributed by atoms with Crippen molar-refractivity contribution in [3.8, 4) is 0 Å². The van der Waals surface area contributed by atoms with E-state index in [0.29, 0.717) is 37.2 Å². The molecule has 8 heteroatoms. The van der Waals surface area contributed by atoms with Gasteiger partial charge in [0.2, 0.25) is 10.0 Å². The van der Waals surface area contributed by atoms with E-state index in [4.69, 9.17) is 5.11 Å². The van der Waals surface area contributed by atoms with E-state index in [1.54, 1.807) is 25.1 Å². The number of carbonyl (C=O) groups excluding carboxylic acids is 1. The van der Waals surface area contributed by atoms with Gasteiger partial charge in [-0.3, -0.25) is 13.9 Å². The average Bonchev–Trinajstić information content (AvgIpc) is 2.53. The number of fused-ring (bicyclic) bond motifs is 1. The van der Waals surface area contributed by atoms with Crippen molar-refractivity contribution in [2.45, 2.75) is 26.2 Å². The van der Waals surface area contributed by atoms with Gasteiger partial charge in [0.05, 0.1) is 18.4 Å². The summed E-state index contributed by atoms with van der Waals surface area (Å²) in [4.78, 5) is 24.7. The third kappa shape index (κ3) is 4.05. The third-order valence-electron chi connectivity index (χ3n) is 4.07. The fourth-order valence-corrected chi connectivity index (χ4v) is 3.85. The first-order chi connectivity index (χ1) is 11.2. The summed E-state index contributed by atoms with van der Waals surface area (Å²) in [6.45, 7) is 2.80. The van der Waals surface area contributed by atoms with Crippen LogP contribution in [0.15, 0.2) is 18.2 Å². The van der Waals surface area contributed by atoms with Gasteiger partial charge in [-0.05, 0) is 43.5 Å². The van der Waals surface area contributed by atoms with Gasteiger partial charge in [0.15, 0.2) is 0 Å². The van der Waals surface area contributed by atoms with E-state index in [0.717, 1.165) is 5.56 Å². The molecule has 0 atom stereocenters. The minimum Gasteiger partial charge on any atom is -0.481 e. The third-order valence-corrected chi connectivity index (χ3v) is 5.25. The van der Waals surface area contributed by atoms with Crippen LogP contribution in [0.25, 0.3) is 0 Å². The van der Waals surface area contributed by atoms with Crippen molar-refractivity contribution in [1.82, 2.24) is 4.90 Å². The van der Waals surface area contributed by atoms with E-state index in [9.17, 15) is 18.0 Å². The van der Waals surface area contributed by atoms with Gasteiger partial charge in [0.1, 0.15) is 0 Å². The SMILES string of the molecule is CCN(CCC(=O)O)C(=O)c1ccc2c(c1)CCCN2S(C)(=O)=O. The predicted octanol–water partition coefficient (Wildman–Crippen LogP) is 1.34. The monoisotopic (exact) mass is 354 g/mol. The molecule has 1 aliphatic heterocycles. The quantitative estimate of drug-likeness (QED) is 0.832. The number of carboxylic acid groups (broad SMARTS) is 1. The Morgan fingerprint density at radius 3 is 2.62 bits per heavy atom. The van der Waals surface area contributed by atoms with Crippen LogP contribution in [-0.4, -0.2) is 56.2 Å². The minimum absolute atomic E-state index is 0.105. The van der Waals surface area contributed by atoms with Crippen LogP contribution in [0.1, 0.15) is 35.7 Å². The Morgan fingerprint density at radius 1 is 1.33 bits per heavy atom. The smallest absolute Gasteiger partial charge is 0.305 e. The Morgan fingerprint density at radius 2 is 2.04 bits per heavy atom. The van der Waals surface area contributed by atoms with Gasteiger partial charge < -0.3 is 10.0 Å². The summed E-state index contributed by atoms with van der Waals surface area (Å²) < 4.78 is 25.1. The van der Waals surface area contributed by atoms with Gasteiger partial charge in [0, 0.05) is 25.2 Å². The number of anilines is 1. The Labute approximate surface area is 141 Å². The van der Waals surface area contributed by atoms with Crippen molar-refractivity contribution < 1.29 is 23.1 Å². The first-order valence-corrected chi connectivity index (χ1v) is 9.70. The maximum atomic E-state index is 12.6. The lowest BCUT2D eigenvalue weighted by molar-refractivity contribution is -0.137. The van der Waals surface area contributed by atoms with E-state index in [-0.39, 0.29) is 18.9 Å². The van der Waals surface area contributed by atoms with Crippen LogP contribution < -0.4 is 4.31 Å². The van der Waals surface area contributed by atoms with Crippen molar-refractivity contribution in [1.29, 1.82) is 0 Å². The number of benzene rings is 1. The normalized spacial score (nSPS) is 14.2. The van der Waals surface area contributed by atoms with Crippen molar-refractivity contribution in [2.75, 3.05) is 30.2 Å². The molecular formula is C16H22N2O5S. The fourth-order valence-electron chi connectivity index (χ4n) is 2.86. The van der Waals surface area contributed by atoms with Crippen LogP contribution in [0.4, 0.5) is 5.69 Å². The molecule has 0 spiro atoms. The molecule has 0 aromatic heterocycles. The summed E-state index contributed by atoms with van der Waals surface area (Å²) in [6.07, 6.45) is 2.48. The van der Waals surface area contributed by atoms with E-state index in [2.05, 4.69) is 0 Å². The Hall–Kier alpha value is -2.09. The molecule has 1 aliphatic rings. The summed E-state index contributed by atoms with van der Waals surface area (Å²) in [6, 6.07) is 4.99. The molecular weight excluding hydrogens is 332 g/mol. The molecule has 132 valence electrons. The number of carbonyl (C=O) groups is 2. The lowest BCUT2D eigenvalue weighted by atomic mass is 10.00. The number of hydrogen-bond acceptors (Lipinski definition) is 4. The first-order valence-electron chi connectivity index (χ1n) is 7.85. The average molecular weight is 354 g/mol. The second kappa shape index (κ2) is 7.21. The van der Waals surface area contributed by atoms with Gasteiger partial charge in [-0.25, -0.2) is 8.42 Å². The molecule has 0 bridgehead atoms. The highest BCUT2D eigenvalue weighted by Crippen LogP contribution is 2.30. The molecule has 1 N–H and O–H groups in total. The van der Waals surface area contributed by atoms with Crippen molar-refractivity contribution >= 4 is 27.6 Å². The molecule has 1 heterocycles.